The third-order valence-electron chi connectivity index (χ3n) is 2.17. The zero-order valence-corrected chi connectivity index (χ0v) is 11.7. The summed E-state index contributed by atoms with van der Waals surface area (Å²) in [5, 5.41) is 2.84. The van der Waals surface area contributed by atoms with Crippen molar-refractivity contribution < 1.29 is 4.79 Å². The minimum atomic E-state index is -0.597. The van der Waals surface area contributed by atoms with Gasteiger partial charge in [0.1, 0.15) is 5.38 Å². The summed E-state index contributed by atoms with van der Waals surface area (Å²) in [7, 11) is 0. The average Bonchev–Trinajstić information content (AvgIpc) is 2.34. The molecule has 94 valence electrons. The maximum Gasteiger partial charge on any atom is 0.242 e. The zero-order chi connectivity index (χ0) is 12.7. The van der Waals surface area contributed by atoms with Crippen LogP contribution in [-0.4, -0.2) is 23.5 Å². The maximum absolute atomic E-state index is 11.7. The number of thioether (sulfide) groups is 1. The fraction of sp³-hybridized carbons (Fsp3) is 0.462. The van der Waals surface area contributed by atoms with Gasteiger partial charge in [-0.05, 0) is 10.8 Å². The summed E-state index contributed by atoms with van der Waals surface area (Å²) in [4.78, 5) is 11.7. The van der Waals surface area contributed by atoms with Gasteiger partial charge in [-0.15, -0.1) is 11.6 Å². The molecule has 1 rings (SSSR count). The first-order valence-corrected chi connectivity index (χ1v) is 7.18. The van der Waals surface area contributed by atoms with Gasteiger partial charge in [-0.2, -0.15) is 11.8 Å². The molecule has 1 N–H and O–H groups in total. The van der Waals surface area contributed by atoms with Crippen LogP contribution in [0.1, 0.15) is 24.8 Å². The van der Waals surface area contributed by atoms with E-state index in [-0.39, 0.29) is 5.91 Å². The fourth-order valence-corrected chi connectivity index (χ4v) is 2.25. The molecule has 1 unspecified atom stereocenters. The number of rotatable bonds is 6. The topological polar surface area (TPSA) is 29.1 Å². The number of carbonyl (C=O) groups excluding carboxylic acids is 1. The van der Waals surface area contributed by atoms with Crippen molar-refractivity contribution in [1.29, 1.82) is 0 Å². The highest BCUT2D eigenvalue weighted by molar-refractivity contribution is 7.99. The Morgan fingerprint density at radius 1 is 1.35 bits per heavy atom. The van der Waals surface area contributed by atoms with Gasteiger partial charge in [0.2, 0.25) is 5.91 Å². The number of carbonyl (C=O) groups is 1. The smallest absolute Gasteiger partial charge is 0.242 e. The second-order valence-corrected chi connectivity index (χ2v) is 6.10. The van der Waals surface area contributed by atoms with Crippen LogP contribution in [0.5, 0.6) is 0 Å². The number of alkyl halides is 1. The van der Waals surface area contributed by atoms with Crippen LogP contribution in [-0.2, 0) is 4.79 Å². The second kappa shape index (κ2) is 7.62. The van der Waals surface area contributed by atoms with Crippen molar-refractivity contribution in [2.45, 2.75) is 24.5 Å². The van der Waals surface area contributed by atoms with Gasteiger partial charge in [0.25, 0.3) is 0 Å². The lowest BCUT2D eigenvalue weighted by Gasteiger charge is -2.11. The van der Waals surface area contributed by atoms with E-state index in [1.54, 1.807) is 0 Å². The first kappa shape index (κ1) is 14.4. The van der Waals surface area contributed by atoms with Crippen LogP contribution < -0.4 is 5.32 Å². The second-order valence-electron chi connectivity index (χ2n) is 3.98. The molecule has 1 aromatic carbocycles. The lowest BCUT2D eigenvalue weighted by atomic mass is 10.1. The quantitative estimate of drug-likeness (QED) is 0.636. The summed E-state index contributed by atoms with van der Waals surface area (Å²) in [6, 6.07) is 9.39. The Morgan fingerprint density at radius 3 is 2.59 bits per heavy atom. The maximum atomic E-state index is 11.7. The molecule has 0 aliphatic rings. The fourth-order valence-electron chi connectivity index (χ4n) is 1.33. The Kier molecular flexibility index (Phi) is 6.45. The first-order chi connectivity index (χ1) is 8.11. The van der Waals surface area contributed by atoms with E-state index in [0.717, 1.165) is 11.3 Å². The van der Waals surface area contributed by atoms with E-state index >= 15 is 0 Å². The SMILES string of the molecule is CC(C)SCCNC(=O)C(Cl)c1ccccc1. The zero-order valence-electron chi connectivity index (χ0n) is 10.2. The third-order valence-corrected chi connectivity index (χ3v) is 3.73. The summed E-state index contributed by atoms with van der Waals surface area (Å²) in [6.45, 7) is 4.94. The molecular weight excluding hydrogens is 254 g/mol. The number of halogens is 1. The monoisotopic (exact) mass is 271 g/mol. The number of benzene rings is 1. The van der Waals surface area contributed by atoms with Gasteiger partial charge in [0.05, 0.1) is 0 Å². The molecule has 2 nitrogen and oxygen atoms in total. The van der Waals surface area contributed by atoms with Gasteiger partial charge in [0.15, 0.2) is 0 Å². The number of nitrogens with one attached hydrogen (secondary N) is 1. The van der Waals surface area contributed by atoms with Crippen molar-refractivity contribution in [3.05, 3.63) is 35.9 Å². The molecule has 0 aliphatic carbocycles. The van der Waals surface area contributed by atoms with E-state index in [1.165, 1.54) is 0 Å². The Balaban J connectivity index is 2.33. The molecule has 1 aromatic rings. The van der Waals surface area contributed by atoms with E-state index in [2.05, 4.69) is 19.2 Å². The molecule has 1 atom stereocenters. The lowest BCUT2D eigenvalue weighted by molar-refractivity contribution is -0.120. The first-order valence-electron chi connectivity index (χ1n) is 5.69. The highest BCUT2D eigenvalue weighted by Crippen LogP contribution is 2.19. The van der Waals surface area contributed by atoms with Crippen molar-refractivity contribution in [1.82, 2.24) is 5.32 Å². The van der Waals surface area contributed by atoms with Crippen LogP contribution in [0.15, 0.2) is 30.3 Å². The molecule has 4 heteroatoms. The van der Waals surface area contributed by atoms with Crippen molar-refractivity contribution in [2.75, 3.05) is 12.3 Å². The Bertz CT molecular complexity index is 343. The molecule has 0 spiro atoms. The van der Waals surface area contributed by atoms with Crippen LogP contribution in [0.3, 0.4) is 0 Å². The largest absolute Gasteiger partial charge is 0.354 e. The molecule has 0 saturated carbocycles. The highest BCUT2D eigenvalue weighted by atomic mass is 35.5. The van der Waals surface area contributed by atoms with Gasteiger partial charge >= 0.3 is 0 Å². The van der Waals surface area contributed by atoms with E-state index in [0.29, 0.717) is 11.8 Å². The standard InChI is InChI=1S/C13H18ClNOS/c1-10(2)17-9-8-15-13(16)12(14)11-6-4-3-5-7-11/h3-7,10,12H,8-9H2,1-2H3,(H,15,16). The molecule has 17 heavy (non-hydrogen) atoms. The van der Waals surface area contributed by atoms with Crippen LogP contribution in [0.25, 0.3) is 0 Å². The summed E-state index contributed by atoms with van der Waals surface area (Å²) >= 11 is 7.90. The molecular formula is C13H18ClNOS. The van der Waals surface area contributed by atoms with Gasteiger partial charge in [-0.3, -0.25) is 4.79 Å². The lowest BCUT2D eigenvalue weighted by Crippen LogP contribution is -2.29. The average molecular weight is 272 g/mol. The van der Waals surface area contributed by atoms with Crippen molar-refractivity contribution >= 4 is 29.3 Å². The predicted molar refractivity (Wildman–Crippen MR) is 75.6 cm³/mol. The molecule has 0 fully saturated rings. The molecule has 0 heterocycles. The molecule has 0 aromatic heterocycles. The summed E-state index contributed by atoms with van der Waals surface area (Å²) in [6.07, 6.45) is 0. The predicted octanol–water partition coefficient (Wildman–Crippen LogP) is 3.22. The minimum absolute atomic E-state index is 0.123. The van der Waals surface area contributed by atoms with Crippen molar-refractivity contribution in [2.24, 2.45) is 0 Å². The minimum Gasteiger partial charge on any atom is -0.354 e. The van der Waals surface area contributed by atoms with Gasteiger partial charge in [-0.25, -0.2) is 0 Å². The molecule has 0 bridgehead atoms. The van der Waals surface area contributed by atoms with Crippen LogP contribution in [0, 0.1) is 0 Å². The highest BCUT2D eigenvalue weighted by Gasteiger charge is 2.16. The van der Waals surface area contributed by atoms with Crippen LogP contribution >= 0.6 is 23.4 Å². The Labute approximate surface area is 112 Å². The van der Waals surface area contributed by atoms with Crippen LogP contribution in [0.2, 0.25) is 0 Å². The van der Waals surface area contributed by atoms with E-state index in [4.69, 9.17) is 11.6 Å². The number of hydrogen-bond donors (Lipinski definition) is 1. The van der Waals surface area contributed by atoms with Crippen molar-refractivity contribution in [3.8, 4) is 0 Å². The summed E-state index contributed by atoms with van der Waals surface area (Å²) < 4.78 is 0. The Hall–Kier alpha value is -0.670. The number of hydrogen-bond acceptors (Lipinski definition) is 2. The van der Waals surface area contributed by atoms with Crippen molar-refractivity contribution in [3.63, 3.8) is 0 Å². The van der Waals surface area contributed by atoms with Crippen LogP contribution in [0.4, 0.5) is 0 Å². The third kappa shape index (κ3) is 5.46. The van der Waals surface area contributed by atoms with Gasteiger partial charge in [0, 0.05) is 12.3 Å². The summed E-state index contributed by atoms with van der Waals surface area (Å²) in [5.41, 5.74) is 0.836. The van der Waals surface area contributed by atoms with E-state index in [9.17, 15) is 4.79 Å². The molecule has 1 amide bonds. The number of amides is 1. The van der Waals surface area contributed by atoms with Gasteiger partial charge in [-0.1, -0.05) is 44.2 Å². The summed E-state index contributed by atoms with van der Waals surface area (Å²) in [5.74, 6) is 0.796. The Morgan fingerprint density at radius 2 is 2.00 bits per heavy atom. The molecule has 0 aliphatic heterocycles. The molecule has 0 saturated heterocycles. The van der Waals surface area contributed by atoms with E-state index < -0.39 is 5.38 Å². The normalized spacial score (nSPS) is 12.5. The van der Waals surface area contributed by atoms with Gasteiger partial charge < -0.3 is 5.32 Å². The molecule has 0 radical (unpaired) electrons. The van der Waals surface area contributed by atoms with E-state index in [1.807, 2.05) is 42.1 Å².